The van der Waals surface area contributed by atoms with Gasteiger partial charge in [-0.3, -0.25) is 0 Å². The Bertz CT molecular complexity index is 406. The van der Waals surface area contributed by atoms with Crippen LogP contribution in [-0.4, -0.2) is 26.7 Å². The summed E-state index contributed by atoms with van der Waals surface area (Å²) in [6.07, 6.45) is 0. The molecule has 0 aliphatic carbocycles. The molecule has 1 aromatic rings. The Morgan fingerprint density at radius 1 is 1.64 bits per heavy atom. The third-order valence-corrected chi connectivity index (χ3v) is 1.99. The summed E-state index contributed by atoms with van der Waals surface area (Å²) in [5.74, 6) is -1.15. The predicted molar refractivity (Wildman–Crippen MR) is 49.6 cm³/mol. The summed E-state index contributed by atoms with van der Waals surface area (Å²) in [6, 6.07) is 1.47. The third-order valence-electron chi connectivity index (χ3n) is 1.99. The van der Waals surface area contributed by atoms with E-state index in [0.717, 1.165) is 0 Å². The molecule has 76 valence electrons. The molecule has 0 unspecified atom stereocenters. The van der Waals surface area contributed by atoms with Gasteiger partial charge in [-0.25, -0.2) is 4.79 Å². The second-order valence-electron chi connectivity index (χ2n) is 2.91. The minimum atomic E-state index is -1.05. The van der Waals surface area contributed by atoms with Gasteiger partial charge >= 0.3 is 5.97 Å². The van der Waals surface area contributed by atoms with Gasteiger partial charge < -0.3 is 20.6 Å². The number of amidine groups is 1. The number of carbonyl (C=O) groups is 1. The van der Waals surface area contributed by atoms with Crippen molar-refractivity contribution in [2.75, 3.05) is 0 Å². The van der Waals surface area contributed by atoms with E-state index in [9.17, 15) is 4.79 Å². The van der Waals surface area contributed by atoms with Crippen LogP contribution in [0, 0.1) is 6.92 Å². The van der Waals surface area contributed by atoms with Crippen molar-refractivity contribution >= 4 is 11.8 Å². The van der Waals surface area contributed by atoms with Gasteiger partial charge in [-0.1, -0.05) is 5.16 Å². The van der Waals surface area contributed by atoms with Crippen molar-refractivity contribution in [1.82, 2.24) is 4.57 Å². The highest BCUT2D eigenvalue weighted by atomic mass is 16.4. The maximum Gasteiger partial charge on any atom is 0.352 e. The minimum absolute atomic E-state index is 0.0995. The van der Waals surface area contributed by atoms with Crippen molar-refractivity contribution in [3.63, 3.8) is 0 Å². The standard InChI is InChI=1S/C8H11N3O3/c1-4-3-5(8(12)13)11(2)6(4)7(9)10-14/h3,14H,1-2H3,(H2,9,10)(H,12,13). The summed E-state index contributed by atoms with van der Waals surface area (Å²) in [5, 5.41) is 20.1. The SMILES string of the molecule is Cc1cc(C(=O)O)n(C)c1/C(N)=N\O. The van der Waals surface area contributed by atoms with E-state index in [1.807, 2.05) is 0 Å². The van der Waals surface area contributed by atoms with Gasteiger partial charge in [0.25, 0.3) is 0 Å². The van der Waals surface area contributed by atoms with Crippen molar-refractivity contribution in [2.45, 2.75) is 6.92 Å². The fourth-order valence-corrected chi connectivity index (χ4v) is 1.38. The summed E-state index contributed by atoms with van der Waals surface area (Å²) >= 11 is 0. The summed E-state index contributed by atoms with van der Waals surface area (Å²) in [6.45, 7) is 1.69. The molecule has 6 nitrogen and oxygen atoms in total. The van der Waals surface area contributed by atoms with Crippen molar-refractivity contribution in [3.8, 4) is 0 Å². The van der Waals surface area contributed by atoms with Gasteiger partial charge in [-0.05, 0) is 18.6 Å². The summed E-state index contributed by atoms with van der Waals surface area (Å²) in [5.41, 5.74) is 6.56. The summed E-state index contributed by atoms with van der Waals surface area (Å²) < 4.78 is 1.37. The molecule has 0 amide bonds. The zero-order valence-electron chi connectivity index (χ0n) is 7.85. The van der Waals surface area contributed by atoms with Crippen LogP contribution in [0.5, 0.6) is 0 Å². The highest BCUT2D eigenvalue weighted by molar-refractivity contribution is 5.99. The van der Waals surface area contributed by atoms with Crippen LogP contribution in [0.15, 0.2) is 11.2 Å². The van der Waals surface area contributed by atoms with E-state index in [1.165, 1.54) is 10.6 Å². The Labute approximate surface area is 80.2 Å². The minimum Gasteiger partial charge on any atom is -0.477 e. The zero-order valence-corrected chi connectivity index (χ0v) is 7.85. The molecule has 0 saturated heterocycles. The second kappa shape index (κ2) is 3.41. The van der Waals surface area contributed by atoms with Crippen LogP contribution in [0.1, 0.15) is 21.7 Å². The fraction of sp³-hybridized carbons (Fsp3) is 0.250. The van der Waals surface area contributed by atoms with E-state index in [1.54, 1.807) is 14.0 Å². The van der Waals surface area contributed by atoms with Gasteiger partial charge in [0, 0.05) is 7.05 Å². The van der Waals surface area contributed by atoms with Gasteiger partial charge in [0.05, 0.1) is 5.69 Å². The highest BCUT2D eigenvalue weighted by Gasteiger charge is 2.17. The van der Waals surface area contributed by atoms with Crippen molar-refractivity contribution < 1.29 is 15.1 Å². The molecule has 0 spiro atoms. The van der Waals surface area contributed by atoms with Crippen LogP contribution in [0.25, 0.3) is 0 Å². The molecule has 0 atom stereocenters. The van der Waals surface area contributed by atoms with Gasteiger partial charge in [0.2, 0.25) is 0 Å². The van der Waals surface area contributed by atoms with Gasteiger partial charge in [0.15, 0.2) is 5.84 Å². The average Bonchev–Trinajstić information content (AvgIpc) is 2.41. The molecule has 0 aromatic carbocycles. The van der Waals surface area contributed by atoms with Gasteiger partial charge in [-0.15, -0.1) is 0 Å². The third kappa shape index (κ3) is 1.41. The molecule has 14 heavy (non-hydrogen) atoms. The number of aromatic carboxylic acids is 1. The maximum absolute atomic E-state index is 10.7. The van der Waals surface area contributed by atoms with Crippen LogP contribution < -0.4 is 5.73 Å². The van der Waals surface area contributed by atoms with Crippen molar-refractivity contribution in [2.24, 2.45) is 17.9 Å². The molecule has 1 aromatic heterocycles. The number of carboxylic acid groups (broad SMARTS) is 1. The van der Waals surface area contributed by atoms with Crippen LogP contribution >= 0.6 is 0 Å². The largest absolute Gasteiger partial charge is 0.477 e. The van der Waals surface area contributed by atoms with E-state index >= 15 is 0 Å². The lowest BCUT2D eigenvalue weighted by atomic mass is 10.2. The Balaban J connectivity index is 3.39. The predicted octanol–water partition coefficient (Wildman–Crippen LogP) is 0.126. The summed E-state index contributed by atoms with van der Waals surface area (Å²) in [4.78, 5) is 10.7. The Morgan fingerprint density at radius 2 is 2.21 bits per heavy atom. The Morgan fingerprint density at radius 3 is 2.57 bits per heavy atom. The molecule has 0 aliphatic rings. The molecule has 6 heteroatoms. The quantitative estimate of drug-likeness (QED) is 0.271. The number of nitrogens with zero attached hydrogens (tertiary/aromatic N) is 2. The first kappa shape index (κ1) is 10.1. The first-order valence-corrected chi connectivity index (χ1v) is 3.86. The molecule has 0 bridgehead atoms. The monoisotopic (exact) mass is 197 g/mol. The highest BCUT2D eigenvalue weighted by Crippen LogP contribution is 2.13. The first-order chi connectivity index (χ1) is 6.49. The number of aromatic nitrogens is 1. The van der Waals surface area contributed by atoms with E-state index in [2.05, 4.69) is 5.16 Å². The van der Waals surface area contributed by atoms with Crippen molar-refractivity contribution in [3.05, 3.63) is 23.0 Å². The fourth-order valence-electron chi connectivity index (χ4n) is 1.38. The average molecular weight is 197 g/mol. The topological polar surface area (TPSA) is 101 Å². The lowest BCUT2D eigenvalue weighted by Crippen LogP contribution is -2.19. The number of nitrogens with two attached hydrogens (primary N) is 1. The molecule has 0 radical (unpaired) electrons. The molecule has 0 saturated carbocycles. The number of aryl methyl sites for hydroxylation is 1. The first-order valence-electron chi connectivity index (χ1n) is 3.86. The molecular weight excluding hydrogens is 186 g/mol. The van der Waals surface area contributed by atoms with Crippen LogP contribution in [0.3, 0.4) is 0 Å². The van der Waals surface area contributed by atoms with E-state index in [0.29, 0.717) is 11.3 Å². The lowest BCUT2D eigenvalue weighted by molar-refractivity contribution is 0.0686. The van der Waals surface area contributed by atoms with Gasteiger partial charge in [-0.2, -0.15) is 0 Å². The molecule has 1 heterocycles. The number of rotatable bonds is 2. The maximum atomic E-state index is 10.7. The van der Waals surface area contributed by atoms with E-state index < -0.39 is 5.97 Å². The summed E-state index contributed by atoms with van der Waals surface area (Å²) in [7, 11) is 1.55. The molecule has 0 fully saturated rings. The lowest BCUT2D eigenvalue weighted by Gasteiger charge is -2.03. The van der Waals surface area contributed by atoms with Crippen LogP contribution in [0.2, 0.25) is 0 Å². The smallest absolute Gasteiger partial charge is 0.352 e. The van der Waals surface area contributed by atoms with Crippen LogP contribution in [-0.2, 0) is 7.05 Å². The van der Waals surface area contributed by atoms with Gasteiger partial charge in [0.1, 0.15) is 5.69 Å². The number of carboxylic acids is 1. The normalized spacial score (nSPS) is 11.7. The molecule has 1 rings (SSSR count). The van der Waals surface area contributed by atoms with Crippen molar-refractivity contribution in [1.29, 1.82) is 0 Å². The molecule has 0 aliphatic heterocycles. The van der Waals surface area contributed by atoms with Crippen LogP contribution in [0.4, 0.5) is 0 Å². The van der Waals surface area contributed by atoms with E-state index in [4.69, 9.17) is 16.0 Å². The molecule has 4 N–H and O–H groups in total. The molecular formula is C8H11N3O3. The number of oxime groups is 1. The Hall–Kier alpha value is -1.98. The van der Waals surface area contributed by atoms with E-state index in [-0.39, 0.29) is 11.5 Å². The second-order valence-corrected chi connectivity index (χ2v) is 2.91. The zero-order chi connectivity index (χ0) is 10.9. The Kier molecular flexibility index (Phi) is 2.46. The number of hydrogen-bond acceptors (Lipinski definition) is 3. The number of hydrogen-bond donors (Lipinski definition) is 3.